The van der Waals surface area contributed by atoms with E-state index in [-0.39, 0.29) is 5.91 Å². The number of amides is 1. The third-order valence-electron chi connectivity index (χ3n) is 3.68. The van der Waals surface area contributed by atoms with Gasteiger partial charge in [0.25, 0.3) is 0 Å². The van der Waals surface area contributed by atoms with E-state index in [2.05, 4.69) is 6.58 Å². The third kappa shape index (κ3) is 3.38. The van der Waals surface area contributed by atoms with E-state index in [1.165, 1.54) is 12.8 Å². The average molecular weight is 278 g/mol. The molecule has 1 aromatic rings. The van der Waals surface area contributed by atoms with Crippen LogP contribution >= 0.6 is 11.6 Å². The number of nitrogens with zero attached hydrogens (tertiary/aromatic N) is 1. The molecule has 1 atom stereocenters. The van der Waals surface area contributed by atoms with Gasteiger partial charge in [0.15, 0.2) is 0 Å². The number of hydrogen-bond acceptors (Lipinski definition) is 1. The first kappa shape index (κ1) is 14.1. The van der Waals surface area contributed by atoms with E-state index in [1.807, 2.05) is 35.2 Å². The van der Waals surface area contributed by atoms with Crippen molar-refractivity contribution in [2.45, 2.75) is 37.1 Å². The van der Waals surface area contributed by atoms with E-state index in [1.54, 1.807) is 6.08 Å². The number of alkyl halides is 1. The molecular formula is C16H20ClNO. The van der Waals surface area contributed by atoms with Gasteiger partial charge < -0.3 is 4.90 Å². The fraction of sp³-hybridized carbons (Fsp3) is 0.438. The van der Waals surface area contributed by atoms with Gasteiger partial charge in [-0.05, 0) is 18.4 Å². The first-order valence-corrected chi connectivity index (χ1v) is 7.28. The Balaban J connectivity index is 2.12. The van der Waals surface area contributed by atoms with Crippen molar-refractivity contribution < 1.29 is 4.79 Å². The maximum absolute atomic E-state index is 12.6. The molecule has 0 saturated heterocycles. The molecule has 1 aliphatic carbocycles. The smallest absolute Gasteiger partial charge is 0.245 e. The van der Waals surface area contributed by atoms with Crippen molar-refractivity contribution in [3.63, 3.8) is 0 Å². The summed E-state index contributed by atoms with van der Waals surface area (Å²) < 4.78 is 0. The zero-order chi connectivity index (χ0) is 13.7. The summed E-state index contributed by atoms with van der Waals surface area (Å²) in [7, 11) is 0. The fourth-order valence-corrected chi connectivity index (χ4v) is 2.96. The number of rotatable bonds is 5. The Morgan fingerprint density at radius 1 is 1.37 bits per heavy atom. The van der Waals surface area contributed by atoms with Gasteiger partial charge in [-0.3, -0.25) is 4.79 Å². The van der Waals surface area contributed by atoms with Gasteiger partial charge in [-0.15, -0.1) is 18.2 Å². The Hall–Kier alpha value is -1.28. The fourth-order valence-electron chi connectivity index (χ4n) is 2.68. The Bertz CT molecular complexity index is 426. The van der Waals surface area contributed by atoms with E-state index >= 15 is 0 Å². The van der Waals surface area contributed by atoms with Gasteiger partial charge in [-0.25, -0.2) is 0 Å². The molecule has 0 bridgehead atoms. The quantitative estimate of drug-likeness (QED) is 0.590. The molecule has 19 heavy (non-hydrogen) atoms. The highest BCUT2D eigenvalue weighted by atomic mass is 35.5. The minimum absolute atomic E-state index is 0.000309. The van der Waals surface area contributed by atoms with E-state index in [0.29, 0.717) is 12.6 Å². The van der Waals surface area contributed by atoms with Crippen LogP contribution in [0.2, 0.25) is 0 Å². The Morgan fingerprint density at radius 3 is 2.58 bits per heavy atom. The molecule has 1 unspecified atom stereocenters. The summed E-state index contributed by atoms with van der Waals surface area (Å²) in [5.74, 6) is -0.000309. The molecule has 1 aromatic carbocycles. The summed E-state index contributed by atoms with van der Waals surface area (Å²) in [5, 5.41) is -0.596. The summed E-state index contributed by atoms with van der Waals surface area (Å²) in [6.07, 6.45) is 6.34. The van der Waals surface area contributed by atoms with Crippen molar-refractivity contribution in [1.29, 1.82) is 0 Å². The number of hydrogen-bond donors (Lipinski definition) is 0. The Labute approximate surface area is 120 Å². The number of halogens is 1. The van der Waals surface area contributed by atoms with Gasteiger partial charge >= 0.3 is 0 Å². The molecule has 1 amide bonds. The highest BCUT2D eigenvalue weighted by molar-refractivity contribution is 6.30. The van der Waals surface area contributed by atoms with Crippen LogP contribution < -0.4 is 0 Å². The van der Waals surface area contributed by atoms with Gasteiger partial charge in [0.05, 0.1) is 0 Å². The first-order chi connectivity index (χ1) is 9.24. The highest BCUT2D eigenvalue weighted by Crippen LogP contribution is 2.29. The lowest BCUT2D eigenvalue weighted by Gasteiger charge is -2.29. The molecule has 2 nitrogen and oxygen atoms in total. The molecular weight excluding hydrogens is 258 g/mol. The zero-order valence-electron chi connectivity index (χ0n) is 11.1. The van der Waals surface area contributed by atoms with Gasteiger partial charge in [0, 0.05) is 12.6 Å². The minimum Gasteiger partial charge on any atom is -0.334 e. The molecule has 1 saturated carbocycles. The third-order valence-corrected chi connectivity index (χ3v) is 4.12. The van der Waals surface area contributed by atoms with Crippen LogP contribution in [0.5, 0.6) is 0 Å². The van der Waals surface area contributed by atoms with Gasteiger partial charge in [0.1, 0.15) is 5.38 Å². The van der Waals surface area contributed by atoms with Crippen LogP contribution in [0.4, 0.5) is 0 Å². The van der Waals surface area contributed by atoms with Gasteiger partial charge in [-0.2, -0.15) is 0 Å². The van der Waals surface area contributed by atoms with Crippen LogP contribution in [-0.2, 0) is 4.79 Å². The normalized spacial score (nSPS) is 17.1. The summed E-state index contributed by atoms with van der Waals surface area (Å²) in [5.41, 5.74) is 0.862. The topological polar surface area (TPSA) is 20.3 Å². The Morgan fingerprint density at radius 2 is 2.00 bits per heavy atom. The molecule has 0 N–H and O–H groups in total. The average Bonchev–Trinajstić information content (AvgIpc) is 2.98. The van der Waals surface area contributed by atoms with Gasteiger partial charge in [-0.1, -0.05) is 49.2 Å². The second-order valence-corrected chi connectivity index (χ2v) is 5.43. The lowest BCUT2D eigenvalue weighted by Crippen LogP contribution is -2.40. The molecule has 102 valence electrons. The lowest BCUT2D eigenvalue weighted by molar-refractivity contribution is -0.132. The van der Waals surface area contributed by atoms with E-state index in [0.717, 1.165) is 18.4 Å². The van der Waals surface area contributed by atoms with Crippen LogP contribution in [0.3, 0.4) is 0 Å². The molecule has 3 heteroatoms. The molecule has 1 fully saturated rings. The zero-order valence-corrected chi connectivity index (χ0v) is 11.9. The van der Waals surface area contributed by atoms with Crippen LogP contribution in [-0.4, -0.2) is 23.4 Å². The van der Waals surface area contributed by atoms with Crippen LogP contribution in [0, 0.1) is 0 Å². The molecule has 0 heterocycles. The summed E-state index contributed by atoms with van der Waals surface area (Å²) in [6.45, 7) is 4.33. The van der Waals surface area contributed by atoms with Crippen molar-refractivity contribution >= 4 is 17.5 Å². The maximum Gasteiger partial charge on any atom is 0.245 e. The largest absolute Gasteiger partial charge is 0.334 e. The summed E-state index contributed by atoms with van der Waals surface area (Å²) in [6, 6.07) is 9.87. The van der Waals surface area contributed by atoms with Gasteiger partial charge in [0.2, 0.25) is 5.91 Å². The van der Waals surface area contributed by atoms with Crippen LogP contribution in [0.25, 0.3) is 0 Å². The van der Waals surface area contributed by atoms with E-state index < -0.39 is 5.38 Å². The van der Waals surface area contributed by atoms with Crippen molar-refractivity contribution in [2.24, 2.45) is 0 Å². The molecule has 0 spiro atoms. The number of carbonyl (C=O) groups excluding carboxylic acids is 1. The molecule has 1 aliphatic rings. The first-order valence-electron chi connectivity index (χ1n) is 6.84. The molecule has 2 rings (SSSR count). The van der Waals surface area contributed by atoms with Crippen molar-refractivity contribution in [3.8, 4) is 0 Å². The predicted molar refractivity (Wildman–Crippen MR) is 79.2 cm³/mol. The summed E-state index contributed by atoms with van der Waals surface area (Å²) >= 11 is 6.34. The number of carbonyl (C=O) groups is 1. The Kier molecular flexibility index (Phi) is 5.03. The van der Waals surface area contributed by atoms with E-state index in [9.17, 15) is 4.79 Å². The molecule has 0 aliphatic heterocycles. The minimum atomic E-state index is -0.596. The van der Waals surface area contributed by atoms with Crippen LogP contribution in [0.15, 0.2) is 43.0 Å². The van der Waals surface area contributed by atoms with Crippen molar-refractivity contribution in [3.05, 3.63) is 48.6 Å². The second kappa shape index (κ2) is 6.76. The molecule has 0 aromatic heterocycles. The van der Waals surface area contributed by atoms with Crippen molar-refractivity contribution in [1.82, 2.24) is 4.90 Å². The number of benzene rings is 1. The van der Waals surface area contributed by atoms with E-state index in [4.69, 9.17) is 11.6 Å². The lowest BCUT2D eigenvalue weighted by atomic mass is 10.1. The highest BCUT2D eigenvalue weighted by Gasteiger charge is 2.30. The molecule has 0 radical (unpaired) electrons. The monoisotopic (exact) mass is 277 g/mol. The maximum atomic E-state index is 12.6. The summed E-state index contributed by atoms with van der Waals surface area (Å²) in [4.78, 5) is 14.5. The van der Waals surface area contributed by atoms with Crippen molar-refractivity contribution in [2.75, 3.05) is 6.54 Å². The van der Waals surface area contributed by atoms with Crippen LogP contribution in [0.1, 0.15) is 36.6 Å². The second-order valence-electron chi connectivity index (χ2n) is 4.99. The predicted octanol–water partition coefficient (Wildman–Crippen LogP) is 3.92. The standard InChI is InChI=1S/C16H20ClNO/c1-2-12-18(14-10-6-7-11-14)16(19)15(17)13-8-4-3-5-9-13/h2-5,8-9,14-15H,1,6-7,10-12H2. The SMILES string of the molecule is C=CCN(C(=O)C(Cl)c1ccccc1)C1CCCC1.